The van der Waals surface area contributed by atoms with Crippen LogP contribution < -0.4 is 15.2 Å². The van der Waals surface area contributed by atoms with Crippen LogP contribution in [0.25, 0.3) is 0 Å². The molecule has 0 radical (unpaired) electrons. The van der Waals surface area contributed by atoms with Crippen molar-refractivity contribution in [2.45, 2.75) is 46.5 Å². The Labute approximate surface area is 166 Å². The number of carbonyl (C=O) groups is 1. The monoisotopic (exact) mass is 388 g/mol. The van der Waals surface area contributed by atoms with Gasteiger partial charge in [-0.15, -0.1) is 0 Å². The van der Waals surface area contributed by atoms with E-state index in [-0.39, 0.29) is 11.3 Å². The van der Waals surface area contributed by atoms with E-state index in [1.165, 1.54) is 6.07 Å². The molecule has 0 atom stereocenters. The first-order valence-electron chi connectivity index (χ1n) is 9.78. The Morgan fingerprint density at radius 1 is 1.14 bits per heavy atom. The topological polar surface area (TPSA) is 61.8 Å². The average molecular weight is 388 g/mol. The SMILES string of the molecule is CCCCNN(CCCC)c1cc(C(=O)O)cc(F)c1Oc1ccc(C)cc1. The van der Waals surface area contributed by atoms with E-state index in [0.717, 1.165) is 37.3 Å². The maximum Gasteiger partial charge on any atom is 0.335 e. The lowest BCUT2D eigenvalue weighted by Gasteiger charge is -2.28. The van der Waals surface area contributed by atoms with Gasteiger partial charge in [0.15, 0.2) is 11.6 Å². The van der Waals surface area contributed by atoms with Gasteiger partial charge in [0.05, 0.1) is 11.3 Å². The number of unbranched alkanes of at least 4 members (excludes halogenated alkanes) is 2. The van der Waals surface area contributed by atoms with Gasteiger partial charge < -0.3 is 14.9 Å². The number of nitrogens with one attached hydrogen (secondary N) is 1. The van der Waals surface area contributed by atoms with E-state index in [4.69, 9.17) is 4.74 Å². The van der Waals surface area contributed by atoms with Crippen molar-refractivity contribution in [3.63, 3.8) is 0 Å². The molecule has 0 unspecified atom stereocenters. The molecule has 0 saturated carbocycles. The van der Waals surface area contributed by atoms with E-state index in [1.54, 1.807) is 17.1 Å². The van der Waals surface area contributed by atoms with Crippen LogP contribution in [0.3, 0.4) is 0 Å². The minimum atomic E-state index is -1.17. The van der Waals surface area contributed by atoms with Crippen molar-refractivity contribution >= 4 is 11.7 Å². The predicted octanol–water partition coefficient (Wildman–Crippen LogP) is 5.54. The fourth-order valence-electron chi connectivity index (χ4n) is 2.72. The molecular weight excluding hydrogens is 359 g/mol. The summed E-state index contributed by atoms with van der Waals surface area (Å²) in [7, 11) is 0. The zero-order valence-corrected chi connectivity index (χ0v) is 16.8. The average Bonchev–Trinajstić information content (AvgIpc) is 2.67. The molecule has 0 aliphatic heterocycles. The van der Waals surface area contributed by atoms with Gasteiger partial charge in [0.1, 0.15) is 5.75 Å². The minimum absolute atomic E-state index is 0.0222. The number of benzene rings is 2. The standard InChI is InChI=1S/C22H29FN2O3/c1-4-6-12-24-25(13-7-5-2)20-15-17(22(26)27)14-19(23)21(20)28-18-10-8-16(3)9-11-18/h8-11,14-15,24H,4-7,12-13H2,1-3H3,(H,26,27). The predicted molar refractivity (Wildman–Crippen MR) is 110 cm³/mol. The second-order valence-corrected chi connectivity index (χ2v) is 6.79. The number of aromatic carboxylic acids is 1. The van der Waals surface area contributed by atoms with Gasteiger partial charge in [-0.3, -0.25) is 0 Å². The maximum atomic E-state index is 14.9. The third-order valence-corrected chi connectivity index (χ3v) is 4.37. The van der Waals surface area contributed by atoms with Crippen molar-refractivity contribution in [1.29, 1.82) is 0 Å². The summed E-state index contributed by atoms with van der Waals surface area (Å²) in [6.07, 6.45) is 3.81. The maximum absolute atomic E-state index is 14.9. The van der Waals surface area contributed by atoms with Crippen molar-refractivity contribution in [3.8, 4) is 11.5 Å². The molecule has 0 amide bonds. The molecule has 2 N–H and O–H groups in total. The molecule has 152 valence electrons. The molecule has 6 heteroatoms. The molecule has 2 rings (SSSR count). The Morgan fingerprint density at radius 2 is 1.82 bits per heavy atom. The molecule has 0 spiro atoms. The Hall–Kier alpha value is -2.60. The summed E-state index contributed by atoms with van der Waals surface area (Å²) in [6.45, 7) is 7.45. The Kier molecular flexibility index (Phi) is 8.26. The van der Waals surface area contributed by atoms with Crippen LogP contribution in [0.1, 0.15) is 55.5 Å². The summed E-state index contributed by atoms with van der Waals surface area (Å²) >= 11 is 0. The van der Waals surface area contributed by atoms with Gasteiger partial charge in [-0.1, -0.05) is 44.4 Å². The van der Waals surface area contributed by atoms with Gasteiger partial charge >= 0.3 is 5.97 Å². The first-order valence-corrected chi connectivity index (χ1v) is 9.78. The van der Waals surface area contributed by atoms with Crippen molar-refractivity contribution in [2.24, 2.45) is 0 Å². The fraction of sp³-hybridized carbons (Fsp3) is 0.409. The third-order valence-electron chi connectivity index (χ3n) is 4.37. The van der Waals surface area contributed by atoms with Gasteiger partial charge in [0.25, 0.3) is 0 Å². The summed E-state index contributed by atoms with van der Waals surface area (Å²) in [5.41, 5.74) is 4.65. The molecule has 2 aromatic rings. The normalized spacial score (nSPS) is 10.7. The number of carboxylic acid groups (broad SMARTS) is 1. The molecule has 5 nitrogen and oxygen atoms in total. The second-order valence-electron chi connectivity index (χ2n) is 6.79. The van der Waals surface area contributed by atoms with E-state index in [2.05, 4.69) is 19.3 Å². The largest absolute Gasteiger partial charge is 0.478 e. The van der Waals surface area contributed by atoms with Gasteiger partial charge in [0.2, 0.25) is 0 Å². The van der Waals surface area contributed by atoms with Gasteiger partial charge in [0, 0.05) is 13.1 Å². The third kappa shape index (κ3) is 5.96. The highest BCUT2D eigenvalue weighted by Crippen LogP contribution is 2.36. The van der Waals surface area contributed by atoms with Crippen LogP contribution in [0.4, 0.5) is 10.1 Å². The van der Waals surface area contributed by atoms with Crippen LogP contribution in [0.15, 0.2) is 36.4 Å². The van der Waals surface area contributed by atoms with E-state index in [9.17, 15) is 14.3 Å². The number of nitrogens with zero attached hydrogens (tertiary/aromatic N) is 1. The molecular formula is C22H29FN2O3. The molecule has 0 bridgehead atoms. The van der Waals surface area contributed by atoms with E-state index < -0.39 is 11.8 Å². The number of hydrazine groups is 1. The molecule has 0 fully saturated rings. The zero-order valence-electron chi connectivity index (χ0n) is 16.8. The minimum Gasteiger partial charge on any atom is -0.478 e. The summed E-state index contributed by atoms with van der Waals surface area (Å²) in [4.78, 5) is 11.5. The number of anilines is 1. The van der Waals surface area contributed by atoms with Gasteiger partial charge in [-0.2, -0.15) is 0 Å². The first-order chi connectivity index (χ1) is 13.5. The Balaban J connectivity index is 2.45. The quantitative estimate of drug-likeness (QED) is 0.391. The highest BCUT2D eigenvalue weighted by Gasteiger charge is 2.21. The molecule has 0 aliphatic carbocycles. The molecule has 0 aliphatic rings. The summed E-state index contributed by atoms with van der Waals surface area (Å²) < 4.78 is 20.7. The van der Waals surface area contributed by atoms with Crippen molar-refractivity contribution in [2.75, 3.05) is 18.1 Å². The number of carboxylic acids is 1. The molecule has 0 saturated heterocycles. The lowest BCUT2D eigenvalue weighted by atomic mass is 10.1. The van der Waals surface area contributed by atoms with Crippen LogP contribution >= 0.6 is 0 Å². The van der Waals surface area contributed by atoms with Crippen molar-refractivity contribution < 1.29 is 19.0 Å². The number of hydrogen-bond donors (Lipinski definition) is 2. The van der Waals surface area contributed by atoms with Crippen LogP contribution in [-0.2, 0) is 0 Å². The smallest absolute Gasteiger partial charge is 0.335 e. The second kappa shape index (κ2) is 10.7. The van der Waals surface area contributed by atoms with E-state index >= 15 is 0 Å². The van der Waals surface area contributed by atoms with Crippen LogP contribution in [0.5, 0.6) is 11.5 Å². The first kappa shape index (κ1) is 21.7. The van der Waals surface area contributed by atoms with E-state index in [0.29, 0.717) is 24.5 Å². The van der Waals surface area contributed by atoms with Crippen LogP contribution in [-0.4, -0.2) is 24.2 Å². The summed E-state index contributed by atoms with van der Waals surface area (Å²) in [6, 6.07) is 9.76. The molecule has 28 heavy (non-hydrogen) atoms. The highest BCUT2D eigenvalue weighted by molar-refractivity contribution is 5.89. The Morgan fingerprint density at radius 3 is 2.43 bits per heavy atom. The van der Waals surface area contributed by atoms with Crippen LogP contribution in [0.2, 0.25) is 0 Å². The number of halogens is 1. The highest BCUT2D eigenvalue weighted by atomic mass is 19.1. The van der Waals surface area contributed by atoms with E-state index in [1.807, 2.05) is 19.1 Å². The fourth-order valence-corrected chi connectivity index (χ4v) is 2.72. The molecule has 0 aromatic heterocycles. The zero-order chi connectivity index (χ0) is 20.5. The number of rotatable bonds is 11. The lowest BCUT2D eigenvalue weighted by Crippen LogP contribution is -2.40. The number of aryl methyl sites for hydroxylation is 1. The molecule has 2 aromatic carbocycles. The number of ether oxygens (including phenoxy) is 1. The van der Waals surface area contributed by atoms with Gasteiger partial charge in [-0.05, 0) is 44.0 Å². The van der Waals surface area contributed by atoms with Crippen LogP contribution in [0, 0.1) is 12.7 Å². The van der Waals surface area contributed by atoms with Crippen molar-refractivity contribution in [1.82, 2.24) is 5.43 Å². The van der Waals surface area contributed by atoms with Crippen molar-refractivity contribution in [3.05, 3.63) is 53.3 Å². The lowest BCUT2D eigenvalue weighted by molar-refractivity contribution is 0.0696. The van der Waals surface area contributed by atoms with Gasteiger partial charge in [-0.25, -0.2) is 14.6 Å². The Bertz CT molecular complexity index is 778. The summed E-state index contributed by atoms with van der Waals surface area (Å²) in [5.74, 6) is -1.35. The number of hydrogen-bond acceptors (Lipinski definition) is 4. The summed E-state index contributed by atoms with van der Waals surface area (Å²) in [5, 5.41) is 11.2. The molecule has 0 heterocycles.